The molecular weight excluding hydrogens is 204 g/mol. The number of aromatic nitrogens is 1. The molecule has 1 unspecified atom stereocenters. The third kappa shape index (κ3) is 2.59. The maximum atomic E-state index is 11.6. The summed E-state index contributed by atoms with van der Waals surface area (Å²) < 4.78 is 11.6. The molecule has 1 fully saturated rings. The highest BCUT2D eigenvalue weighted by Crippen LogP contribution is 2.12. The van der Waals surface area contributed by atoms with E-state index in [1.807, 2.05) is 6.20 Å². The van der Waals surface area contributed by atoms with E-state index in [2.05, 4.69) is 10.3 Å². The number of thiazole rings is 1. The molecule has 0 aromatic carbocycles. The minimum Gasteiger partial charge on any atom is -0.316 e. The van der Waals surface area contributed by atoms with E-state index >= 15 is 0 Å². The Morgan fingerprint density at radius 2 is 2.54 bits per heavy atom. The van der Waals surface area contributed by atoms with Gasteiger partial charge in [0.05, 0.1) is 11.3 Å². The highest BCUT2D eigenvalue weighted by molar-refractivity contribution is 7.84. The fraction of sp³-hybridized carbons (Fsp3) is 0.625. The molecule has 1 N–H and O–H groups in total. The first-order chi connectivity index (χ1) is 6.34. The van der Waals surface area contributed by atoms with E-state index in [0.29, 0.717) is 11.7 Å². The molecule has 1 atom stereocenters. The van der Waals surface area contributed by atoms with Gasteiger partial charge in [0.25, 0.3) is 0 Å². The summed E-state index contributed by atoms with van der Waals surface area (Å²) in [5, 5.41) is 3.18. The van der Waals surface area contributed by atoms with Crippen molar-refractivity contribution in [3.8, 4) is 0 Å². The summed E-state index contributed by atoms with van der Waals surface area (Å²) in [6.07, 6.45) is 1.81. The Bertz CT molecular complexity index is 282. The SMILES string of the molecule is O=S(Cc1cncs1)CC1CNC1. The molecule has 2 heterocycles. The molecule has 0 radical (unpaired) electrons. The Hall–Kier alpha value is -0.260. The lowest BCUT2D eigenvalue weighted by atomic mass is 10.1. The number of hydrogen-bond donors (Lipinski definition) is 1. The van der Waals surface area contributed by atoms with E-state index in [0.717, 1.165) is 23.7 Å². The summed E-state index contributed by atoms with van der Waals surface area (Å²) in [5.41, 5.74) is 1.79. The Morgan fingerprint density at radius 3 is 3.08 bits per heavy atom. The molecule has 1 aliphatic rings. The molecule has 3 nitrogen and oxygen atoms in total. The minimum atomic E-state index is -0.698. The van der Waals surface area contributed by atoms with Gasteiger partial charge in [-0.15, -0.1) is 11.3 Å². The van der Waals surface area contributed by atoms with Crippen molar-refractivity contribution in [3.63, 3.8) is 0 Å². The fourth-order valence-corrected chi connectivity index (χ4v) is 3.58. The van der Waals surface area contributed by atoms with Gasteiger partial charge < -0.3 is 5.32 Å². The van der Waals surface area contributed by atoms with Crippen LogP contribution in [0.4, 0.5) is 0 Å². The first-order valence-electron chi connectivity index (χ1n) is 4.27. The van der Waals surface area contributed by atoms with E-state index in [1.165, 1.54) is 0 Å². The van der Waals surface area contributed by atoms with Gasteiger partial charge in [-0.1, -0.05) is 0 Å². The smallest absolute Gasteiger partial charge is 0.0794 e. The van der Waals surface area contributed by atoms with Crippen molar-refractivity contribution in [2.45, 2.75) is 5.75 Å². The molecule has 1 aromatic heterocycles. The largest absolute Gasteiger partial charge is 0.316 e. The predicted molar refractivity (Wildman–Crippen MR) is 55.2 cm³/mol. The molecule has 1 aliphatic heterocycles. The van der Waals surface area contributed by atoms with Gasteiger partial charge in [-0.2, -0.15) is 0 Å². The number of hydrogen-bond acceptors (Lipinski definition) is 4. The summed E-state index contributed by atoms with van der Waals surface area (Å²) in [7, 11) is -0.698. The van der Waals surface area contributed by atoms with Gasteiger partial charge in [0, 0.05) is 40.7 Å². The molecule has 0 bridgehead atoms. The standard InChI is InChI=1S/C8H12N2OS2/c11-13(4-7-1-9-2-7)5-8-3-10-6-12-8/h3,6-7,9H,1-2,4-5H2. The normalized spacial score (nSPS) is 19.7. The van der Waals surface area contributed by atoms with Crippen molar-refractivity contribution in [3.05, 3.63) is 16.6 Å². The number of rotatable bonds is 4. The highest BCUT2D eigenvalue weighted by Gasteiger charge is 2.19. The second-order valence-corrected chi connectivity index (χ2v) is 5.72. The highest BCUT2D eigenvalue weighted by atomic mass is 32.2. The third-order valence-corrected chi connectivity index (χ3v) is 4.51. The van der Waals surface area contributed by atoms with Crippen LogP contribution in [0.25, 0.3) is 0 Å². The summed E-state index contributed by atoms with van der Waals surface area (Å²) in [6.45, 7) is 2.07. The Kier molecular flexibility index (Phi) is 3.08. The molecule has 1 saturated heterocycles. The van der Waals surface area contributed by atoms with E-state index in [9.17, 15) is 4.21 Å². The van der Waals surface area contributed by atoms with E-state index in [1.54, 1.807) is 16.8 Å². The summed E-state index contributed by atoms with van der Waals surface area (Å²) in [5.74, 6) is 2.15. The van der Waals surface area contributed by atoms with Crippen molar-refractivity contribution >= 4 is 22.1 Å². The third-order valence-electron chi connectivity index (χ3n) is 2.07. The topological polar surface area (TPSA) is 42.0 Å². The van der Waals surface area contributed by atoms with Gasteiger partial charge in [-0.25, -0.2) is 0 Å². The number of nitrogens with zero attached hydrogens (tertiary/aromatic N) is 1. The molecule has 2 rings (SSSR count). The van der Waals surface area contributed by atoms with Gasteiger partial charge in [0.1, 0.15) is 0 Å². The maximum Gasteiger partial charge on any atom is 0.0794 e. The van der Waals surface area contributed by atoms with Crippen LogP contribution in [0.15, 0.2) is 11.7 Å². The molecular formula is C8H12N2OS2. The monoisotopic (exact) mass is 216 g/mol. The average molecular weight is 216 g/mol. The quantitative estimate of drug-likeness (QED) is 0.802. The molecule has 13 heavy (non-hydrogen) atoms. The first kappa shape index (κ1) is 9.30. The second kappa shape index (κ2) is 4.30. The Labute approximate surface area is 84.0 Å². The first-order valence-corrected chi connectivity index (χ1v) is 6.64. The molecule has 5 heteroatoms. The maximum absolute atomic E-state index is 11.6. The lowest BCUT2D eigenvalue weighted by Crippen LogP contribution is -2.44. The van der Waals surface area contributed by atoms with Crippen LogP contribution in [-0.2, 0) is 16.6 Å². The van der Waals surface area contributed by atoms with Crippen LogP contribution in [-0.4, -0.2) is 28.0 Å². The van der Waals surface area contributed by atoms with E-state index < -0.39 is 10.8 Å². The molecule has 0 spiro atoms. The lowest BCUT2D eigenvalue weighted by molar-refractivity contribution is 0.382. The van der Waals surface area contributed by atoms with Crippen LogP contribution < -0.4 is 5.32 Å². The zero-order valence-electron chi connectivity index (χ0n) is 7.23. The van der Waals surface area contributed by atoms with Crippen molar-refractivity contribution in [1.82, 2.24) is 10.3 Å². The fourth-order valence-electron chi connectivity index (χ4n) is 1.26. The van der Waals surface area contributed by atoms with Crippen LogP contribution in [0.2, 0.25) is 0 Å². The molecule has 0 aliphatic carbocycles. The van der Waals surface area contributed by atoms with Gasteiger partial charge in [-0.05, 0) is 5.92 Å². The van der Waals surface area contributed by atoms with Crippen LogP contribution in [0.1, 0.15) is 4.88 Å². The zero-order valence-corrected chi connectivity index (χ0v) is 8.87. The lowest BCUT2D eigenvalue weighted by Gasteiger charge is -2.26. The van der Waals surface area contributed by atoms with Crippen molar-refractivity contribution in [2.75, 3.05) is 18.8 Å². The van der Waals surface area contributed by atoms with Gasteiger partial charge >= 0.3 is 0 Å². The minimum absolute atomic E-state index is 0.633. The number of nitrogens with one attached hydrogen (secondary N) is 1. The molecule has 0 saturated carbocycles. The second-order valence-electron chi connectivity index (χ2n) is 3.24. The van der Waals surface area contributed by atoms with Crippen molar-refractivity contribution in [2.24, 2.45) is 5.92 Å². The van der Waals surface area contributed by atoms with E-state index in [-0.39, 0.29) is 0 Å². The zero-order chi connectivity index (χ0) is 9.10. The molecule has 0 amide bonds. The van der Waals surface area contributed by atoms with Crippen LogP contribution in [0.5, 0.6) is 0 Å². The van der Waals surface area contributed by atoms with Crippen molar-refractivity contribution in [1.29, 1.82) is 0 Å². The van der Waals surface area contributed by atoms with Crippen LogP contribution >= 0.6 is 11.3 Å². The van der Waals surface area contributed by atoms with Crippen LogP contribution in [0.3, 0.4) is 0 Å². The average Bonchev–Trinajstić information content (AvgIpc) is 2.49. The Balaban J connectivity index is 1.78. The summed E-state index contributed by atoms with van der Waals surface area (Å²) >= 11 is 1.58. The Morgan fingerprint density at radius 1 is 1.69 bits per heavy atom. The van der Waals surface area contributed by atoms with Crippen molar-refractivity contribution < 1.29 is 4.21 Å². The van der Waals surface area contributed by atoms with Gasteiger partial charge in [-0.3, -0.25) is 9.19 Å². The predicted octanol–water partition coefficient (Wildman–Crippen LogP) is 0.611. The summed E-state index contributed by atoms with van der Waals surface area (Å²) in [6, 6.07) is 0. The van der Waals surface area contributed by atoms with E-state index in [4.69, 9.17) is 0 Å². The van der Waals surface area contributed by atoms with Crippen LogP contribution in [0, 0.1) is 5.92 Å². The molecule has 1 aromatic rings. The molecule has 72 valence electrons. The van der Waals surface area contributed by atoms with Gasteiger partial charge in [0.15, 0.2) is 0 Å². The van der Waals surface area contributed by atoms with Gasteiger partial charge in [0.2, 0.25) is 0 Å². The summed E-state index contributed by atoms with van der Waals surface area (Å²) in [4.78, 5) is 5.09.